The number of fused-ring (bicyclic) bond motifs is 2. The molecule has 0 fully saturated rings. The summed E-state index contributed by atoms with van der Waals surface area (Å²) in [6, 6.07) is 10.1. The maximum atomic E-state index is 12.5. The molecule has 0 atom stereocenters. The van der Waals surface area contributed by atoms with Crippen molar-refractivity contribution in [1.29, 1.82) is 0 Å². The standard InChI is InChI=1S/C20H18N2O4/c1-20(2)10-16(23)14-9-13(4-6-17(14)26-20)21-19(25)11-3-5-15-12(7-11)8-18(24)22-15/h3-7,9H,8,10H2,1-2H3,(H,21,25)(H,22,24). The van der Waals surface area contributed by atoms with Crippen LogP contribution in [0.25, 0.3) is 0 Å². The minimum atomic E-state index is -0.523. The van der Waals surface area contributed by atoms with Crippen LogP contribution in [0.2, 0.25) is 0 Å². The monoisotopic (exact) mass is 350 g/mol. The van der Waals surface area contributed by atoms with Gasteiger partial charge in [0.25, 0.3) is 5.91 Å². The Morgan fingerprint density at radius 3 is 2.77 bits per heavy atom. The van der Waals surface area contributed by atoms with Crippen LogP contribution < -0.4 is 15.4 Å². The van der Waals surface area contributed by atoms with E-state index in [-0.39, 0.29) is 24.0 Å². The normalized spacial score (nSPS) is 17.0. The van der Waals surface area contributed by atoms with Gasteiger partial charge in [0.1, 0.15) is 11.4 Å². The van der Waals surface area contributed by atoms with Crippen molar-refractivity contribution in [2.75, 3.05) is 10.6 Å². The van der Waals surface area contributed by atoms with E-state index in [0.717, 1.165) is 11.3 Å². The average molecular weight is 350 g/mol. The van der Waals surface area contributed by atoms with Gasteiger partial charge in [0.15, 0.2) is 5.78 Å². The highest BCUT2D eigenvalue weighted by Gasteiger charge is 2.32. The average Bonchev–Trinajstić information content (AvgIpc) is 2.93. The van der Waals surface area contributed by atoms with Crippen LogP contribution in [0.3, 0.4) is 0 Å². The highest BCUT2D eigenvalue weighted by atomic mass is 16.5. The summed E-state index contributed by atoms with van der Waals surface area (Å²) in [5.41, 5.74) is 2.49. The van der Waals surface area contributed by atoms with Crippen LogP contribution in [0.5, 0.6) is 5.75 Å². The van der Waals surface area contributed by atoms with Crippen molar-refractivity contribution in [1.82, 2.24) is 0 Å². The number of amides is 2. The summed E-state index contributed by atoms with van der Waals surface area (Å²) in [7, 11) is 0. The minimum Gasteiger partial charge on any atom is -0.487 e. The number of carbonyl (C=O) groups is 3. The van der Waals surface area contributed by atoms with Gasteiger partial charge in [0.05, 0.1) is 18.4 Å². The van der Waals surface area contributed by atoms with E-state index < -0.39 is 5.60 Å². The van der Waals surface area contributed by atoms with Crippen molar-refractivity contribution in [3.63, 3.8) is 0 Å². The van der Waals surface area contributed by atoms with Crippen molar-refractivity contribution in [2.24, 2.45) is 0 Å². The van der Waals surface area contributed by atoms with Crippen LogP contribution in [0.1, 0.15) is 46.5 Å². The Hall–Kier alpha value is -3.15. The first-order valence-corrected chi connectivity index (χ1v) is 8.41. The van der Waals surface area contributed by atoms with E-state index in [1.54, 1.807) is 36.4 Å². The van der Waals surface area contributed by atoms with Gasteiger partial charge in [-0.3, -0.25) is 14.4 Å². The Morgan fingerprint density at radius 2 is 1.96 bits per heavy atom. The molecular formula is C20H18N2O4. The third-order valence-corrected chi connectivity index (χ3v) is 4.50. The fourth-order valence-electron chi connectivity index (χ4n) is 3.30. The van der Waals surface area contributed by atoms with Crippen molar-refractivity contribution >= 4 is 29.0 Å². The first-order valence-electron chi connectivity index (χ1n) is 8.41. The van der Waals surface area contributed by atoms with E-state index in [1.807, 2.05) is 13.8 Å². The molecule has 2 aromatic rings. The largest absolute Gasteiger partial charge is 0.487 e. The van der Waals surface area contributed by atoms with E-state index in [4.69, 9.17) is 4.74 Å². The van der Waals surface area contributed by atoms with Gasteiger partial charge in [-0.2, -0.15) is 0 Å². The summed E-state index contributed by atoms with van der Waals surface area (Å²) in [5.74, 6) is 0.158. The first kappa shape index (κ1) is 16.3. The summed E-state index contributed by atoms with van der Waals surface area (Å²) in [5, 5.41) is 5.54. The fraction of sp³-hybridized carbons (Fsp3) is 0.250. The van der Waals surface area contributed by atoms with Crippen molar-refractivity contribution < 1.29 is 19.1 Å². The van der Waals surface area contributed by atoms with Crippen LogP contribution in [-0.4, -0.2) is 23.2 Å². The summed E-state index contributed by atoms with van der Waals surface area (Å²) in [6.45, 7) is 3.74. The molecule has 2 heterocycles. The molecule has 0 saturated heterocycles. The van der Waals surface area contributed by atoms with Gasteiger partial charge in [-0.1, -0.05) is 0 Å². The Bertz CT molecular complexity index is 962. The maximum absolute atomic E-state index is 12.5. The number of ether oxygens (including phenoxy) is 1. The molecule has 2 amide bonds. The Morgan fingerprint density at radius 1 is 1.15 bits per heavy atom. The molecule has 0 aromatic heterocycles. The number of hydrogen-bond acceptors (Lipinski definition) is 4. The molecule has 0 saturated carbocycles. The van der Waals surface area contributed by atoms with Gasteiger partial charge in [0, 0.05) is 16.9 Å². The Kier molecular flexibility index (Phi) is 3.57. The molecule has 0 bridgehead atoms. The van der Waals surface area contributed by atoms with E-state index in [9.17, 15) is 14.4 Å². The van der Waals surface area contributed by atoms with Gasteiger partial charge >= 0.3 is 0 Å². The third-order valence-electron chi connectivity index (χ3n) is 4.50. The SMILES string of the molecule is CC1(C)CC(=O)c2cc(NC(=O)c3ccc4c(c3)CC(=O)N4)ccc2O1. The van der Waals surface area contributed by atoms with Crippen LogP contribution in [0.15, 0.2) is 36.4 Å². The molecular weight excluding hydrogens is 332 g/mol. The molecule has 2 aromatic carbocycles. The maximum Gasteiger partial charge on any atom is 0.255 e. The molecule has 0 unspecified atom stereocenters. The van der Waals surface area contributed by atoms with Crippen molar-refractivity contribution in [3.05, 3.63) is 53.1 Å². The van der Waals surface area contributed by atoms with Gasteiger partial charge in [-0.15, -0.1) is 0 Å². The van der Waals surface area contributed by atoms with Crippen LogP contribution in [0, 0.1) is 0 Å². The van der Waals surface area contributed by atoms with E-state index in [2.05, 4.69) is 10.6 Å². The molecule has 2 aliphatic rings. The lowest BCUT2D eigenvalue weighted by atomic mass is 9.93. The Labute approximate surface area is 150 Å². The zero-order valence-corrected chi connectivity index (χ0v) is 14.5. The van der Waals surface area contributed by atoms with E-state index in [0.29, 0.717) is 29.0 Å². The number of anilines is 2. The van der Waals surface area contributed by atoms with E-state index >= 15 is 0 Å². The summed E-state index contributed by atoms with van der Waals surface area (Å²) in [6.07, 6.45) is 0.570. The quantitative estimate of drug-likeness (QED) is 0.871. The molecule has 2 N–H and O–H groups in total. The number of benzene rings is 2. The lowest BCUT2D eigenvalue weighted by Gasteiger charge is -2.31. The number of carbonyl (C=O) groups excluding carboxylic acids is 3. The third kappa shape index (κ3) is 2.94. The summed E-state index contributed by atoms with van der Waals surface area (Å²) in [4.78, 5) is 36.3. The van der Waals surface area contributed by atoms with Crippen LogP contribution >= 0.6 is 0 Å². The smallest absolute Gasteiger partial charge is 0.255 e. The zero-order chi connectivity index (χ0) is 18.5. The number of nitrogens with one attached hydrogen (secondary N) is 2. The predicted octanol–water partition coefficient (Wildman–Crippen LogP) is 3.18. The van der Waals surface area contributed by atoms with Crippen molar-refractivity contribution in [2.45, 2.75) is 32.3 Å². The molecule has 6 nitrogen and oxygen atoms in total. The highest BCUT2D eigenvalue weighted by molar-refractivity contribution is 6.07. The summed E-state index contributed by atoms with van der Waals surface area (Å²) >= 11 is 0. The number of hydrogen-bond donors (Lipinski definition) is 2. The topological polar surface area (TPSA) is 84.5 Å². The molecule has 4 rings (SSSR count). The van der Waals surface area contributed by atoms with Gasteiger partial charge < -0.3 is 15.4 Å². The Balaban J connectivity index is 1.56. The lowest BCUT2D eigenvalue weighted by molar-refractivity contribution is -0.115. The molecule has 2 aliphatic heterocycles. The zero-order valence-electron chi connectivity index (χ0n) is 14.5. The second-order valence-electron chi connectivity index (χ2n) is 7.22. The van der Waals surface area contributed by atoms with Gasteiger partial charge in [-0.05, 0) is 55.8 Å². The molecule has 26 heavy (non-hydrogen) atoms. The van der Waals surface area contributed by atoms with Crippen LogP contribution in [-0.2, 0) is 11.2 Å². The number of Topliss-reactive ketones (excluding diaryl/α,β-unsaturated/α-hetero) is 1. The molecule has 6 heteroatoms. The molecule has 0 spiro atoms. The summed E-state index contributed by atoms with van der Waals surface area (Å²) < 4.78 is 5.82. The number of ketones is 1. The fourth-order valence-corrected chi connectivity index (χ4v) is 3.30. The number of rotatable bonds is 2. The molecule has 0 radical (unpaired) electrons. The molecule has 0 aliphatic carbocycles. The van der Waals surface area contributed by atoms with Gasteiger partial charge in [0.2, 0.25) is 5.91 Å². The second-order valence-corrected chi connectivity index (χ2v) is 7.22. The first-order chi connectivity index (χ1) is 12.3. The van der Waals surface area contributed by atoms with Crippen molar-refractivity contribution in [3.8, 4) is 5.75 Å². The predicted molar refractivity (Wildman–Crippen MR) is 96.8 cm³/mol. The molecule has 132 valence electrons. The van der Waals surface area contributed by atoms with Gasteiger partial charge in [-0.25, -0.2) is 0 Å². The second kappa shape index (κ2) is 5.69. The highest BCUT2D eigenvalue weighted by Crippen LogP contribution is 2.34. The lowest BCUT2D eigenvalue weighted by Crippen LogP contribution is -2.35. The van der Waals surface area contributed by atoms with E-state index in [1.165, 1.54) is 0 Å². The minimum absolute atomic E-state index is 0.00512. The van der Waals surface area contributed by atoms with Crippen LogP contribution in [0.4, 0.5) is 11.4 Å².